The summed E-state index contributed by atoms with van der Waals surface area (Å²) >= 11 is 0. The van der Waals surface area contributed by atoms with Gasteiger partial charge in [0.25, 0.3) is 0 Å². The Hall–Kier alpha value is -0.570. The maximum absolute atomic E-state index is 7.13. The van der Waals surface area contributed by atoms with Gasteiger partial charge in [-0.25, -0.2) is 0 Å². The van der Waals surface area contributed by atoms with E-state index in [4.69, 9.17) is 11.1 Å². The first-order chi connectivity index (χ1) is 6.06. The second kappa shape index (κ2) is 6.89. The third-order valence-electron chi connectivity index (χ3n) is 2.17. The summed E-state index contributed by atoms with van der Waals surface area (Å²) in [6.45, 7) is 9.73. The van der Waals surface area contributed by atoms with Gasteiger partial charge in [0.05, 0.1) is 5.84 Å². The van der Waals surface area contributed by atoms with Crippen LogP contribution in [0.15, 0.2) is 0 Å². The molecule has 0 unspecified atom stereocenters. The molecule has 0 aliphatic rings. The fraction of sp³-hybridized carbons (Fsp3) is 0.900. The van der Waals surface area contributed by atoms with E-state index >= 15 is 0 Å². The Balaban J connectivity index is 3.57. The molecule has 3 N–H and O–H groups in total. The molecule has 3 nitrogen and oxygen atoms in total. The van der Waals surface area contributed by atoms with Crippen LogP contribution >= 0.6 is 0 Å². The van der Waals surface area contributed by atoms with E-state index in [1.165, 1.54) is 6.42 Å². The van der Waals surface area contributed by atoms with E-state index in [1.54, 1.807) is 0 Å². The van der Waals surface area contributed by atoms with Gasteiger partial charge in [-0.05, 0) is 25.4 Å². The van der Waals surface area contributed by atoms with Crippen LogP contribution in [0, 0.1) is 11.3 Å². The topological polar surface area (TPSA) is 53.1 Å². The molecule has 0 saturated heterocycles. The normalized spacial score (nSPS) is 11.2. The van der Waals surface area contributed by atoms with Crippen LogP contribution in [0.2, 0.25) is 0 Å². The highest BCUT2D eigenvalue weighted by atomic mass is 15.1. The van der Waals surface area contributed by atoms with E-state index in [1.807, 2.05) is 0 Å². The summed E-state index contributed by atoms with van der Waals surface area (Å²) in [6, 6.07) is 0. The number of amidine groups is 1. The van der Waals surface area contributed by atoms with Gasteiger partial charge in [-0.3, -0.25) is 5.41 Å². The maximum Gasteiger partial charge on any atom is 0.0918 e. The third-order valence-corrected chi connectivity index (χ3v) is 2.17. The van der Waals surface area contributed by atoms with E-state index in [9.17, 15) is 0 Å². The molecule has 0 fully saturated rings. The Kier molecular flexibility index (Phi) is 6.59. The van der Waals surface area contributed by atoms with Gasteiger partial charge in [0.15, 0.2) is 0 Å². The van der Waals surface area contributed by atoms with E-state index < -0.39 is 0 Å². The Morgan fingerprint density at radius 2 is 2.00 bits per heavy atom. The largest absolute Gasteiger partial charge is 0.388 e. The molecule has 0 aromatic carbocycles. The predicted octanol–water partition coefficient (Wildman–Crippen LogP) is 1.68. The van der Waals surface area contributed by atoms with Gasteiger partial charge in [-0.2, -0.15) is 0 Å². The fourth-order valence-corrected chi connectivity index (χ4v) is 1.15. The summed E-state index contributed by atoms with van der Waals surface area (Å²) in [5, 5.41) is 7.13. The fourth-order valence-electron chi connectivity index (χ4n) is 1.15. The lowest BCUT2D eigenvalue weighted by Gasteiger charge is -2.20. The highest BCUT2D eigenvalue weighted by molar-refractivity contribution is 5.76. The van der Waals surface area contributed by atoms with Crippen molar-refractivity contribution >= 4 is 5.84 Å². The van der Waals surface area contributed by atoms with Gasteiger partial charge < -0.3 is 10.6 Å². The van der Waals surface area contributed by atoms with Gasteiger partial charge in [-0.1, -0.05) is 20.8 Å². The van der Waals surface area contributed by atoms with Crippen molar-refractivity contribution in [3.05, 3.63) is 0 Å². The molecule has 78 valence electrons. The summed E-state index contributed by atoms with van der Waals surface area (Å²) in [4.78, 5) is 2.35. The minimum Gasteiger partial charge on any atom is -0.388 e. The van der Waals surface area contributed by atoms with Gasteiger partial charge >= 0.3 is 0 Å². The van der Waals surface area contributed by atoms with Crippen molar-refractivity contribution in [3.8, 4) is 0 Å². The van der Waals surface area contributed by atoms with Crippen LogP contribution < -0.4 is 5.73 Å². The van der Waals surface area contributed by atoms with Crippen molar-refractivity contribution in [2.24, 2.45) is 11.7 Å². The molecule has 0 aromatic heterocycles. The third kappa shape index (κ3) is 7.78. The van der Waals surface area contributed by atoms with Gasteiger partial charge in [0.2, 0.25) is 0 Å². The lowest BCUT2D eigenvalue weighted by Crippen LogP contribution is -2.29. The first-order valence-electron chi connectivity index (χ1n) is 5.11. The van der Waals surface area contributed by atoms with Crippen molar-refractivity contribution in [2.45, 2.75) is 33.6 Å². The van der Waals surface area contributed by atoms with Crippen LogP contribution in [0.3, 0.4) is 0 Å². The molecule has 0 bridgehead atoms. The zero-order valence-corrected chi connectivity index (χ0v) is 9.14. The summed E-state index contributed by atoms with van der Waals surface area (Å²) < 4.78 is 0. The molecule has 0 amide bonds. The number of hydrogen-bond donors (Lipinski definition) is 2. The van der Waals surface area contributed by atoms with Gasteiger partial charge in [0, 0.05) is 13.0 Å². The van der Waals surface area contributed by atoms with Crippen LogP contribution in [-0.2, 0) is 0 Å². The van der Waals surface area contributed by atoms with Crippen LogP contribution in [-0.4, -0.2) is 30.4 Å². The number of rotatable bonds is 7. The number of nitrogens with two attached hydrogens (primary N) is 1. The Bertz CT molecular complexity index is 143. The second-order valence-corrected chi connectivity index (χ2v) is 3.89. The molecule has 0 heterocycles. The summed E-state index contributed by atoms with van der Waals surface area (Å²) in [6.07, 6.45) is 1.93. The van der Waals surface area contributed by atoms with Crippen molar-refractivity contribution in [1.29, 1.82) is 5.41 Å². The van der Waals surface area contributed by atoms with Crippen molar-refractivity contribution in [3.63, 3.8) is 0 Å². The quantitative estimate of drug-likeness (QED) is 0.468. The highest BCUT2D eigenvalue weighted by Crippen LogP contribution is 2.02. The summed E-state index contributed by atoms with van der Waals surface area (Å²) in [7, 11) is 0. The molecule has 0 radical (unpaired) electrons. The van der Waals surface area contributed by atoms with E-state index in [0.717, 1.165) is 25.6 Å². The molecular formula is C10H23N3. The van der Waals surface area contributed by atoms with Crippen LogP contribution in [0.5, 0.6) is 0 Å². The molecule has 0 rings (SSSR count). The van der Waals surface area contributed by atoms with Crippen LogP contribution in [0.4, 0.5) is 0 Å². The number of hydrogen-bond acceptors (Lipinski definition) is 2. The Labute approximate surface area is 81.8 Å². The minimum absolute atomic E-state index is 0.294. The number of nitrogens with one attached hydrogen (secondary N) is 1. The summed E-state index contributed by atoms with van der Waals surface area (Å²) in [5.41, 5.74) is 5.31. The average molecular weight is 185 g/mol. The molecular weight excluding hydrogens is 162 g/mol. The zero-order chi connectivity index (χ0) is 10.3. The van der Waals surface area contributed by atoms with Crippen molar-refractivity contribution < 1.29 is 0 Å². The average Bonchev–Trinajstić information content (AvgIpc) is 2.04. The molecule has 0 atom stereocenters. The standard InChI is InChI=1S/C10H23N3/c1-4-13(7-5-9(2)3)8-6-10(11)12/h9H,4-8H2,1-3H3,(H3,11,12). The lowest BCUT2D eigenvalue weighted by molar-refractivity contribution is 0.277. The van der Waals surface area contributed by atoms with E-state index in [0.29, 0.717) is 12.3 Å². The van der Waals surface area contributed by atoms with Gasteiger partial charge in [0.1, 0.15) is 0 Å². The minimum atomic E-state index is 0.294. The molecule has 0 aliphatic heterocycles. The molecule has 0 aliphatic carbocycles. The first-order valence-corrected chi connectivity index (χ1v) is 5.11. The first kappa shape index (κ1) is 12.4. The summed E-state index contributed by atoms with van der Waals surface area (Å²) in [5.74, 6) is 1.05. The molecule has 0 aromatic rings. The molecule has 3 heteroatoms. The van der Waals surface area contributed by atoms with Crippen LogP contribution in [0.1, 0.15) is 33.6 Å². The molecule has 0 saturated carbocycles. The second-order valence-electron chi connectivity index (χ2n) is 3.89. The highest BCUT2D eigenvalue weighted by Gasteiger charge is 2.03. The Morgan fingerprint density at radius 1 is 1.38 bits per heavy atom. The van der Waals surface area contributed by atoms with Crippen LogP contribution in [0.25, 0.3) is 0 Å². The maximum atomic E-state index is 7.13. The number of nitrogens with zero attached hydrogens (tertiary/aromatic N) is 1. The van der Waals surface area contributed by atoms with E-state index in [2.05, 4.69) is 25.7 Å². The zero-order valence-electron chi connectivity index (χ0n) is 9.14. The lowest BCUT2D eigenvalue weighted by atomic mass is 10.1. The predicted molar refractivity (Wildman–Crippen MR) is 58.1 cm³/mol. The Morgan fingerprint density at radius 3 is 2.38 bits per heavy atom. The van der Waals surface area contributed by atoms with E-state index in [-0.39, 0.29) is 0 Å². The monoisotopic (exact) mass is 185 g/mol. The van der Waals surface area contributed by atoms with Crippen molar-refractivity contribution in [2.75, 3.05) is 19.6 Å². The van der Waals surface area contributed by atoms with Crippen molar-refractivity contribution in [1.82, 2.24) is 4.90 Å². The SMILES string of the molecule is CCN(CCC(=N)N)CCC(C)C. The molecule has 13 heavy (non-hydrogen) atoms. The van der Waals surface area contributed by atoms with Gasteiger partial charge in [-0.15, -0.1) is 0 Å². The molecule has 0 spiro atoms. The smallest absolute Gasteiger partial charge is 0.0918 e.